The monoisotopic (exact) mass is 325 g/mol. The van der Waals surface area contributed by atoms with Gasteiger partial charge in [0.2, 0.25) is 0 Å². The Bertz CT molecular complexity index is 813. The summed E-state index contributed by atoms with van der Waals surface area (Å²) in [4.78, 5) is 16.4. The maximum absolute atomic E-state index is 12.1. The Balaban J connectivity index is 1.66. The van der Waals surface area contributed by atoms with Gasteiger partial charge in [-0.3, -0.25) is 4.79 Å². The molecule has 7 nitrogen and oxygen atoms in total. The van der Waals surface area contributed by atoms with E-state index in [4.69, 9.17) is 4.74 Å². The fourth-order valence-corrected chi connectivity index (χ4v) is 2.32. The van der Waals surface area contributed by atoms with Crippen LogP contribution in [0.1, 0.15) is 23.7 Å². The van der Waals surface area contributed by atoms with E-state index in [1.807, 2.05) is 31.2 Å². The van der Waals surface area contributed by atoms with Crippen molar-refractivity contribution in [2.75, 3.05) is 19.8 Å². The number of aromatic nitrogens is 4. The van der Waals surface area contributed by atoms with Crippen LogP contribution in [0.4, 0.5) is 0 Å². The van der Waals surface area contributed by atoms with E-state index in [2.05, 4.69) is 20.6 Å². The number of rotatable bonds is 7. The van der Waals surface area contributed by atoms with Gasteiger partial charge in [-0.05, 0) is 49.7 Å². The van der Waals surface area contributed by atoms with E-state index in [0.29, 0.717) is 31.0 Å². The molecule has 1 N–H and O–H groups in total. The molecule has 3 aromatic rings. The minimum Gasteiger partial charge on any atom is -0.382 e. The van der Waals surface area contributed by atoms with Crippen LogP contribution in [0, 0.1) is 0 Å². The smallest absolute Gasteiger partial charge is 0.251 e. The molecule has 2 heterocycles. The second kappa shape index (κ2) is 7.65. The molecule has 0 aliphatic rings. The van der Waals surface area contributed by atoms with Crippen LogP contribution in [-0.2, 0) is 4.74 Å². The zero-order valence-corrected chi connectivity index (χ0v) is 13.5. The van der Waals surface area contributed by atoms with Gasteiger partial charge < -0.3 is 10.1 Å². The third-order valence-corrected chi connectivity index (χ3v) is 3.54. The van der Waals surface area contributed by atoms with Gasteiger partial charge >= 0.3 is 0 Å². The van der Waals surface area contributed by atoms with Crippen LogP contribution in [0.25, 0.3) is 16.9 Å². The molecule has 0 bridgehead atoms. The van der Waals surface area contributed by atoms with Crippen LogP contribution in [0.3, 0.4) is 0 Å². The summed E-state index contributed by atoms with van der Waals surface area (Å²) in [6, 6.07) is 10.9. The first-order valence-corrected chi connectivity index (χ1v) is 7.92. The summed E-state index contributed by atoms with van der Waals surface area (Å²) in [6.07, 6.45) is 2.50. The number of hydrogen-bond donors (Lipinski definition) is 1. The molecule has 0 aliphatic carbocycles. The van der Waals surface area contributed by atoms with Gasteiger partial charge in [-0.2, -0.15) is 4.68 Å². The van der Waals surface area contributed by atoms with Gasteiger partial charge in [0.25, 0.3) is 5.91 Å². The van der Waals surface area contributed by atoms with Gasteiger partial charge in [0, 0.05) is 31.5 Å². The minimum absolute atomic E-state index is 0.0976. The highest BCUT2D eigenvalue weighted by Gasteiger charge is 2.09. The number of carbonyl (C=O) groups excluding carboxylic acids is 1. The van der Waals surface area contributed by atoms with Crippen molar-refractivity contribution < 1.29 is 9.53 Å². The number of benzene rings is 1. The van der Waals surface area contributed by atoms with Crippen LogP contribution in [0.15, 0.2) is 42.6 Å². The molecule has 0 saturated carbocycles. The number of nitrogens with zero attached hydrogens (tertiary/aromatic N) is 4. The molecular formula is C17H19N5O2. The van der Waals surface area contributed by atoms with E-state index in [1.54, 1.807) is 23.0 Å². The lowest BCUT2D eigenvalue weighted by Gasteiger charge is -2.06. The lowest BCUT2D eigenvalue weighted by Crippen LogP contribution is -2.25. The van der Waals surface area contributed by atoms with Gasteiger partial charge in [0.05, 0.1) is 5.69 Å². The molecule has 3 rings (SSSR count). The molecule has 0 spiro atoms. The van der Waals surface area contributed by atoms with Crippen LogP contribution >= 0.6 is 0 Å². The van der Waals surface area contributed by atoms with Crippen molar-refractivity contribution in [1.82, 2.24) is 25.3 Å². The molecule has 0 saturated heterocycles. The average molecular weight is 325 g/mol. The van der Waals surface area contributed by atoms with E-state index in [0.717, 1.165) is 17.6 Å². The van der Waals surface area contributed by atoms with Crippen molar-refractivity contribution in [1.29, 1.82) is 0 Å². The fraction of sp³-hybridized carbons (Fsp3) is 0.294. The predicted molar refractivity (Wildman–Crippen MR) is 90.1 cm³/mol. The Labute approximate surface area is 139 Å². The van der Waals surface area contributed by atoms with Gasteiger partial charge in [0.15, 0.2) is 5.65 Å². The van der Waals surface area contributed by atoms with E-state index in [1.165, 1.54) is 0 Å². The molecule has 0 unspecified atom stereocenters. The number of ether oxygens (including phenoxy) is 1. The maximum atomic E-state index is 12.1. The quantitative estimate of drug-likeness (QED) is 0.672. The summed E-state index contributed by atoms with van der Waals surface area (Å²) in [5.41, 5.74) is 2.83. The molecule has 1 amide bonds. The number of fused-ring (bicyclic) bond motifs is 1. The average Bonchev–Trinajstić information content (AvgIpc) is 3.05. The number of pyridine rings is 1. The van der Waals surface area contributed by atoms with E-state index < -0.39 is 0 Å². The lowest BCUT2D eigenvalue weighted by molar-refractivity contribution is 0.0944. The molecule has 124 valence electrons. The van der Waals surface area contributed by atoms with Gasteiger partial charge in [-0.25, -0.2) is 4.98 Å². The highest BCUT2D eigenvalue weighted by Crippen LogP contribution is 2.14. The topological polar surface area (TPSA) is 81.9 Å². The van der Waals surface area contributed by atoms with Gasteiger partial charge in [-0.15, -0.1) is 5.10 Å². The Morgan fingerprint density at radius 3 is 2.88 bits per heavy atom. The van der Waals surface area contributed by atoms with Crippen LogP contribution < -0.4 is 5.32 Å². The van der Waals surface area contributed by atoms with Crippen molar-refractivity contribution in [3.05, 3.63) is 48.2 Å². The molecular weight excluding hydrogens is 306 g/mol. The SMILES string of the molecule is CCOCCCNC(=O)c1ccc(-n2nnc3cccnc32)cc1. The third kappa shape index (κ3) is 3.57. The predicted octanol–water partition coefficient (Wildman–Crippen LogP) is 1.97. The zero-order chi connectivity index (χ0) is 16.8. The molecule has 0 aliphatic heterocycles. The van der Waals surface area contributed by atoms with E-state index >= 15 is 0 Å². The zero-order valence-electron chi connectivity index (χ0n) is 13.5. The number of carbonyl (C=O) groups is 1. The molecule has 0 atom stereocenters. The van der Waals surface area contributed by atoms with Crippen LogP contribution in [0.2, 0.25) is 0 Å². The molecule has 24 heavy (non-hydrogen) atoms. The van der Waals surface area contributed by atoms with E-state index in [-0.39, 0.29) is 5.91 Å². The lowest BCUT2D eigenvalue weighted by atomic mass is 10.2. The Kier molecular flexibility index (Phi) is 5.12. The second-order valence-corrected chi connectivity index (χ2v) is 5.20. The fourth-order valence-electron chi connectivity index (χ4n) is 2.32. The van der Waals surface area contributed by atoms with Crippen LogP contribution in [-0.4, -0.2) is 45.6 Å². The van der Waals surface area contributed by atoms with Crippen LogP contribution in [0.5, 0.6) is 0 Å². The molecule has 2 aromatic heterocycles. The Hall–Kier alpha value is -2.80. The molecule has 0 fully saturated rings. The first-order chi connectivity index (χ1) is 11.8. The molecule has 0 radical (unpaired) electrons. The highest BCUT2D eigenvalue weighted by atomic mass is 16.5. The summed E-state index contributed by atoms with van der Waals surface area (Å²) >= 11 is 0. The number of hydrogen-bond acceptors (Lipinski definition) is 5. The highest BCUT2D eigenvalue weighted by molar-refractivity contribution is 5.94. The molecule has 1 aromatic carbocycles. The van der Waals surface area contributed by atoms with E-state index in [9.17, 15) is 4.79 Å². The first-order valence-electron chi connectivity index (χ1n) is 7.92. The van der Waals surface area contributed by atoms with Crippen molar-refractivity contribution in [2.24, 2.45) is 0 Å². The number of nitrogens with one attached hydrogen (secondary N) is 1. The third-order valence-electron chi connectivity index (χ3n) is 3.54. The summed E-state index contributed by atoms with van der Waals surface area (Å²) in [7, 11) is 0. The van der Waals surface area contributed by atoms with Gasteiger partial charge in [-0.1, -0.05) is 5.21 Å². The standard InChI is InChI=1S/C17H19N5O2/c1-2-24-12-4-11-19-17(23)13-6-8-14(9-7-13)22-16-15(20-21-22)5-3-10-18-16/h3,5-10H,2,4,11-12H2,1H3,(H,19,23). The van der Waals surface area contributed by atoms with Crippen molar-refractivity contribution in [3.8, 4) is 5.69 Å². The van der Waals surface area contributed by atoms with Crippen molar-refractivity contribution in [3.63, 3.8) is 0 Å². The largest absolute Gasteiger partial charge is 0.382 e. The Morgan fingerprint density at radius 1 is 1.25 bits per heavy atom. The second-order valence-electron chi connectivity index (χ2n) is 5.20. The molecule has 7 heteroatoms. The Morgan fingerprint density at radius 2 is 2.08 bits per heavy atom. The normalized spacial score (nSPS) is 10.9. The summed E-state index contributed by atoms with van der Waals surface area (Å²) in [6.45, 7) is 3.90. The first kappa shape index (κ1) is 16.1. The minimum atomic E-state index is -0.0976. The van der Waals surface area contributed by atoms with Crippen molar-refractivity contribution in [2.45, 2.75) is 13.3 Å². The summed E-state index contributed by atoms with van der Waals surface area (Å²) in [5.74, 6) is -0.0976. The van der Waals surface area contributed by atoms with Crippen molar-refractivity contribution >= 4 is 17.1 Å². The maximum Gasteiger partial charge on any atom is 0.251 e. The number of amides is 1. The summed E-state index contributed by atoms with van der Waals surface area (Å²) in [5, 5.41) is 11.1. The summed E-state index contributed by atoms with van der Waals surface area (Å²) < 4.78 is 6.89. The van der Waals surface area contributed by atoms with Gasteiger partial charge in [0.1, 0.15) is 5.52 Å².